The van der Waals surface area contributed by atoms with Gasteiger partial charge in [0.1, 0.15) is 5.15 Å². The van der Waals surface area contributed by atoms with Crippen LogP contribution >= 0.6 is 11.6 Å². The summed E-state index contributed by atoms with van der Waals surface area (Å²) in [7, 11) is 0. The van der Waals surface area contributed by atoms with Crippen molar-refractivity contribution in [3.63, 3.8) is 0 Å². The highest BCUT2D eigenvalue weighted by atomic mass is 35.5. The molecule has 1 heterocycles. The molecule has 1 aromatic carbocycles. The number of rotatable bonds is 6. The highest BCUT2D eigenvalue weighted by Gasteiger charge is 2.07. The summed E-state index contributed by atoms with van der Waals surface area (Å²) in [6, 6.07) is 12.0. The van der Waals surface area contributed by atoms with Gasteiger partial charge in [-0.25, -0.2) is 4.98 Å². The lowest BCUT2D eigenvalue weighted by atomic mass is 10.1. The number of hydrogen-bond donors (Lipinski definition) is 2. The first kappa shape index (κ1) is 26.8. The molecule has 1 aromatic heterocycles. The second kappa shape index (κ2) is 18.4. The molecule has 0 saturated heterocycles. The summed E-state index contributed by atoms with van der Waals surface area (Å²) in [5.74, 6) is 0. The molecule has 3 nitrogen and oxygen atoms in total. The summed E-state index contributed by atoms with van der Waals surface area (Å²) in [5, 5.41) is 13.7. The van der Waals surface area contributed by atoms with E-state index in [0.717, 1.165) is 18.5 Å². The van der Waals surface area contributed by atoms with Gasteiger partial charge in [0.15, 0.2) is 0 Å². The minimum atomic E-state index is -0.558. The highest BCUT2D eigenvalue weighted by molar-refractivity contribution is 6.29. The van der Waals surface area contributed by atoms with Crippen molar-refractivity contribution in [2.75, 3.05) is 13.1 Å². The van der Waals surface area contributed by atoms with Crippen LogP contribution in [0.4, 0.5) is 0 Å². The Balaban J connectivity index is 0. The van der Waals surface area contributed by atoms with E-state index in [1.54, 1.807) is 18.3 Å². The minimum absolute atomic E-state index is 0.438. The summed E-state index contributed by atoms with van der Waals surface area (Å²) >= 11 is 5.71. The number of aryl methyl sites for hydroxylation is 1. The maximum absolute atomic E-state index is 10.00. The number of nitrogens with zero attached hydrogens (tertiary/aromatic N) is 1. The maximum atomic E-state index is 10.00. The molecule has 0 aliphatic carbocycles. The average Bonchev–Trinajstić information content (AvgIpc) is 2.71. The van der Waals surface area contributed by atoms with E-state index in [1.165, 1.54) is 11.1 Å². The van der Waals surface area contributed by atoms with E-state index in [-0.39, 0.29) is 0 Å². The molecular weight excluding hydrogens is 344 g/mol. The van der Waals surface area contributed by atoms with Gasteiger partial charge in [0.05, 0.1) is 6.10 Å². The monoisotopic (exact) mass is 380 g/mol. The Morgan fingerprint density at radius 3 is 2.04 bits per heavy atom. The largest absolute Gasteiger partial charge is 0.387 e. The molecular formula is C22H37ClN2O. The molecule has 0 aliphatic rings. The van der Waals surface area contributed by atoms with Gasteiger partial charge in [0.2, 0.25) is 0 Å². The molecule has 2 rings (SSSR count). The van der Waals surface area contributed by atoms with Crippen LogP contribution in [-0.4, -0.2) is 23.2 Å². The summed E-state index contributed by atoms with van der Waals surface area (Å²) in [6.45, 7) is 15.4. The van der Waals surface area contributed by atoms with Crippen molar-refractivity contribution in [1.82, 2.24) is 10.3 Å². The van der Waals surface area contributed by atoms with Gasteiger partial charge in [-0.1, -0.05) is 89.0 Å². The Morgan fingerprint density at radius 2 is 1.54 bits per heavy atom. The van der Waals surface area contributed by atoms with Crippen LogP contribution in [0.5, 0.6) is 0 Å². The maximum Gasteiger partial charge on any atom is 0.129 e. The van der Waals surface area contributed by atoms with Crippen LogP contribution < -0.4 is 5.32 Å². The number of benzene rings is 1. The fourth-order valence-electron chi connectivity index (χ4n) is 1.93. The smallest absolute Gasteiger partial charge is 0.129 e. The first-order valence-electron chi connectivity index (χ1n) is 9.71. The summed E-state index contributed by atoms with van der Waals surface area (Å²) in [6.07, 6.45) is 2.00. The molecule has 2 aromatic rings. The van der Waals surface area contributed by atoms with Gasteiger partial charge in [-0.05, 0) is 31.5 Å². The van der Waals surface area contributed by atoms with Crippen molar-refractivity contribution >= 4 is 11.6 Å². The standard InChI is InChI=1S/C16H19ClN2O.3C2H6/c1-12-2-4-13(5-3-12)8-9-18-11-15(20)14-6-7-16(17)19-10-14;3*1-2/h2-7,10,15,18,20H,8-9,11H2,1H3;3*1-2H3. The molecule has 2 N–H and O–H groups in total. The van der Waals surface area contributed by atoms with Crippen LogP contribution in [0.15, 0.2) is 42.6 Å². The third kappa shape index (κ3) is 12.0. The molecule has 1 atom stereocenters. The predicted octanol–water partition coefficient (Wildman–Crippen LogP) is 5.99. The van der Waals surface area contributed by atoms with Crippen molar-refractivity contribution in [2.45, 2.75) is 61.0 Å². The predicted molar refractivity (Wildman–Crippen MR) is 116 cm³/mol. The number of hydrogen-bond acceptors (Lipinski definition) is 3. The number of aliphatic hydroxyl groups is 1. The summed E-state index contributed by atoms with van der Waals surface area (Å²) in [5.41, 5.74) is 3.34. The van der Waals surface area contributed by atoms with E-state index in [0.29, 0.717) is 11.7 Å². The summed E-state index contributed by atoms with van der Waals surface area (Å²) in [4.78, 5) is 3.96. The molecule has 0 saturated carbocycles. The Hall–Kier alpha value is -1.42. The van der Waals surface area contributed by atoms with E-state index in [2.05, 4.69) is 41.5 Å². The molecule has 0 fully saturated rings. The molecule has 1 unspecified atom stereocenters. The van der Waals surface area contributed by atoms with Crippen LogP contribution in [-0.2, 0) is 6.42 Å². The quantitative estimate of drug-likeness (QED) is 0.478. The second-order valence-electron chi connectivity index (χ2n) is 4.87. The van der Waals surface area contributed by atoms with Crippen molar-refractivity contribution in [3.05, 3.63) is 64.4 Å². The molecule has 0 radical (unpaired) electrons. The number of pyridine rings is 1. The van der Waals surface area contributed by atoms with Crippen molar-refractivity contribution in [2.24, 2.45) is 0 Å². The minimum Gasteiger partial charge on any atom is -0.387 e. The molecule has 0 aliphatic heterocycles. The van der Waals surface area contributed by atoms with E-state index in [4.69, 9.17) is 11.6 Å². The summed E-state index contributed by atoms with van der Waals surface area (Å²) < 4.78 is 0. The third-order valence-electron chi connectivity index (χ3n) is 3.18. The van der Waals surface area contributed by atoms with E-state index in [1.807, 2.05) is 41.5 Å². The van der Waals surface area contributed by atoms with Crippen LogP contribution in [0.3, 0.4) is 0 Å². The number of aromatic nitrogens is 1. The number of nitrogens with one attached hydrogen (secondary N) is 1. The van der Waals surface area contributed by atoms with Crippen LogP contribution in [0.2, 0.25) is 5.15 Å². The van der Waals surface area contributed by atoms with Gasteiger partial charge in [0.25, 0.3) is 0 Å². The van der Waals surface area contributed by atoms with Crippen LogP contribution in [0.1, 0.15) is 64.3 Å². The first-order valence-corrected chi connectivity index (χ1v) is 10.1. The zero-order valence-corrected chi connectivity index (χ0v) is 18.3. The lowest BCUT2D eigenvalue weighted by Crippen LogP contribution is -2.23. The lowest BCUT2D eigenvalue weighted by Gasteiger charge is -2.12. The molecule has 0 spiro atoms. The fraction of sp³-hybridized carbons (Fsp3) is 0.500. The Bertz CT molecular complexity index is 527. The van der Waals surface area contributed by atoms with Crippen molar-refractivity contribution in [1.29, 1.82) is 0 Å². The SMILES string of the molecule is CC.CC.CC.Cc1ccc(CCNCC(O)c2ccc(Cl)nc2)cc1. The van der Waals surface area contributed by atoms with Crippen LogP contribution in [0.25, 0.3) is 0 Å². The Kier molecular flexibility index (Phi) is 18.9. The molecule has 0 bridgehead atoms. The van der Waals surface area contributed by atoms with Gasteiger partial charge in [-0.15, -0.1) is 0 Å². The van der Waals surface area contributed by atoms with Crippen molar-refractivity contribution < 1.29 is 5.11 Å². The average molecular weight is 381 g/mol. The number of halogens is 1. The molecule has 0 amide bonds. The second-order valence-corrected chi connectivity index (χ2v) is 5.26. The van der Waals surface area contributed by atoms with Gasteiger partial charge >= 0.3 is 0 Å². The third-order valence-corrected chi connectivity index (χ3v) is 3.41. The normalized spacial score (nSPS) is 10.2. The van der Waals surface area contributed by atoms with Gasteiger partial charge < -0.3 is 10.4 Å². The number of aliphatic hydroxyl groups excluding tert-OH is 1. The zero-order valence-electron chi connectivity index (χ0n) is 17.5. The Labute approximate surface area is 165 Å². The lowest BCUT2D eigenvalue weighted by molar-refractivity contribution is 0.174. The van der Waals surface area contributed by atoms with Gasteiger partial charge in [0, 0.05) is 18.3 Å². The molecule has 4 heteroatoms. The topological polar surface area (TPSA) is 45.1 Å². The van der Waals surface area contributed by atoms with E-state index >= 15 is 0 Å². The first-order chi connectivity index (χ1) is 12.6. The van der Waals surface area contributed by atoms with Crippen molar-refractivity contribution in [3.8, 4) is 0 Å². The molecule has 148 valence electrons. The molecule has 26 heavy (non-hydrogen) atoms. The van der Waals surface area contributed by atoms with Gasteiger partial charge in [-0.2, -0.15) is 0 Å². The Morgan fingerprint density at radius 1 is 0.962 bits per heavy atom. The zero-order chi connectivity index (χ0) is 20.4. The van der Waals surface area contributed by atoms with Crippen LogP contribution in [0, 0.1) is 6.92 Å². The van der Waals surface area contributed by atoms with E-state index in [9.17, 15) is 5.11 Å². The van der Waals surface area contributed by atoms with Gasteiger partial charge in [-0.3, -0.25) is 0 Å². The fourth-order valence-corrected chi connectivity index (χ4v) is 2.04. The van der Waals surface area contributed by atoms with E-state index < -0.39 is 6.10 Å². The highest BCUT2D eigenvalue weighted by Crippen LogP contribution is 2.13.